The normalized spacial score (nSPS) is 14.7. The lowest BCUT2D eigenvalue weighted by Gasteiger charge is -2.17. The van der Waals surface area contributed by atoms with E-state index in [1.807, 2.05) is 91.0 Å². The quantitative estimate of drug-likeness (QED) is 0.244. The van der Waals surface area contributed by atoms with Gasteiger partial charge in [0.05, 0.1) is 11.8 Å². The van der Waals surface area contributed by atoms with Gasteiger partial charge in [-0.3, -0.25) is 9.20 Å². The van der Waals surface area contributed by atoms with Crippen LogP contribution in [-0.2, 0) is 17.7 Å². The molecule has 3 heterocycles. The highest BCUT2D eigenvalue weighted by Gasteiger charge is 2.21. The third kappa shape index (κ3) is 5.79. The molecule has 10 nitrogen and oxygen atoms in total. The number of hydrogen-bond acceptors (Lipinski definition) is 8. The Morgan fingerprint density at radius 1 is 1.02 bits per heavy atom. The van der Waals surface area contributed by atoms with E-state index in [-0.39, 0.29) is 11.7 Å². The van der Waals surface area contributed by atoms with E-state index in [4.69, 9.17) is 9.57 Å². The topological polar surface area (TPSA) is 115 Å². The summed E-state index contributed by atoms with van der Waals surface area (Å²) in [7, 11) is 0. The predicted molar refractivity (Wildman–Crippen MR) is 164 cm³/mol. The molecule has 0 spiro atoms. The van der Waals surface area contributed by atoms with E-state index in [1.54, 1.807) is 10.9 Å². The number of ether oxygens (including phenoxy) is 1. The van der Waals surface area contributed by atoms with Crippen molar-refractivity contribution in [3.8, 4) is 22.6 Å². The lowest BCUT2D eigenvalue weighted by Crippen LogP contribution is -2.28. The molecular weight excluding hydrogens is 544 g/mol. The van der Waals surface area contributed by atoms with Crippen molar-refractivity contribution in [1.82, 2.24) is 24.6 Å². The van der Waals surface area contributed by atoms with Crippen LogP contribution in [0.5, 0.6) is 5.75 Å². The molecule has 1 unspecified atom stereocenters. The summed E-state index contributed by atoms with van der Waals surface area (Å²) >= 11 is 0. The molecular formula is C33H34N6O4. The molecule has 220 valence electrons. The van der Waals surface area contributed by atoms with Gasteiger partial charge in [0.25, 0.3) is 12.0 Å². The highest BCUT2D eigenvalue weighted by atomic mass is 16.7. The second kappa shape index (κ2) is 12.2. The maximum absolute atomic E-state index is 14.2. The number of aliphatic hydroxyl groups excluding tert-OH is 1. The van der Waals surface area contributed by atoms with Gasteiger partial charge in [-0.05, 0) is 67.6 Å². The zero-order valence-electron chi connectivity index (χ0n) is 24.4. The molecule has 2 N–H and O–H groups in total. The Morgan fingerprint density at radius 3 is 2.44 bits per heavy atom. The minimum atomic E-state index is -1.23. The first kappa shape index (κ1) is 28.3. The highest BCUT2D eigenvalue weighted by molar-refractivity contribution is 6.04. The minimum Gasteiger partial charge on any atom is -0.491 e. The van der Waals surface area contributed by atoms with Gasteiger partial charge in [-0.25, -0.2) is 19.9 Å². The van der Waals surface area contributed by atoms with Crippen LogP contribution in [0.1, 0.15) is 56.0 Å². The average Bonchev–Trinajstić information content (AvgIpc) is 3.67. The number of hydroxylamine groups is 1. The molecule has 6 rings (SSSR count). The van der Waals surface area contributed by atoms with E-state index in [1.165, 1.54) is 0 Å². The zero-order valence-corrected chi connectivity index (χ0v) is 24.4. The Kier molecular flexibility index (Phi) is 8.04. The second-order valence-electron chi connectivity index (χ2n) is 10.8. The molecule has 2 aromatic heterocycles. The van der Waals surface area contributed by atoms with Crippen LogP contribution in [0.15, 0.2) is 88.9 Å². The monoisotopic (exact) mass is 578 g/mol. The van der Waals surface area contributed by atoms with Gasteiger partial charge in [-0.1, -0.05) is 61.9 Å². The lowest BCUT2D eigenvalue weighted by molar-refractivity contribution is -0.102. The van der Waals surface area contributed by atoms with Gasteiger partial charge >= 0.3 is 0 Å². The van der Waals surface area contributed by atoms with Gasteiger partial charge in [0.15, 0.2) is 5.84 Å². The summed E-state index contributed by atoms with van der Waals surface area (Å²) in [4.78, 5) is 23.3. The van der Waals surface area contributed by atoms with Crippen LogP contribution in [0.25, 0.3) is 22.6 Å². The number of aryl methyl sites for hydroxylation is 1. The van der Waals surface area contributed by atoms with Gasteiger partial charge in [0.2, 0.25) is 5.78 Å². The van der Waals surface area contributed by atoms with E-state index in [0.717, 1.165) is 53.0 Å². The molecule has 0 aliphatic carbocycles. The Hall–Kier alpha value is -4.80. The van der Waals surface area contributed by atoms with Crippen LogP contribution in [0.3, 0.4) is 0 Å². The van der Waals surface area contributed by atoms with Gasteiger partial charge < -0.3 is 9.84 Å². The van der Waals surface area contributed by atoms with E-state index < -0.39 is 6.41 Å². The van der Waals surface area contributed by atoms with Crippen LogP contribution in [0.4, 0.5) is 0 Å². The first-order valence-electron chi connectivity index (χ1n) is 14.5. The molecule has 0 radical (unpaired) electrons. The Morgan fingerprint density at radius 2 is 1.77 bits per heavy atom. The molecule has 43 heavy (non-hydrogen) atoms. The zero-order chi connectivity index (χ0) is 29.9. The molecule has 5 aromatic rings. The Labute approximate surface area is 249 Å². The number of aliphatic imine (C=N–C) groups is 1. The van der Waals surface area contributed by atoms with Crippen molar-refractivity contribution in [2.75, 3.05) is 0 Å². The van der Waals surface area contributed by atoms with Crippen molar-refractivity contribution < 1.29 is 14.7 Å². The fourth-order valence-corrected chi connectivity index (χ4v) is 5.38. The number of aromatic nitrogens is 4. The molecule has 1 aliphatic rings. The molecule has 3 aromatic carbocycles. The van der Waals surface area contributed by atoms with E-state index in [2.05, 4.69) is 27.6 Å². The Bertz CT molecular complexity index is 1820. The first-order valence-corrected chi connectivity index (χ1v) is 14.5. The molecule has 1 atom stereocenters. The largest absolute Gasteiger partial charge is 0.491 e. The van der Waals surface area contributed by atoms with Crippen molar-refractivity contribution in [2.45, 2.75) is 59.0 Å². The summed E-state index contributed by atoms with van der Waals surface area (Å²) in [5.41, 5.74) is 8.68. The fourth-order valence-electron chi connectivity index (χ4n) is 5.38. The number of benzene rings is 3. The van der Waals surface area contributed by atoms with E-state index in [9.17, 15) is 9.90 Å². The standard InChI is InChI=1S/C33H34N6O4/c1-4-5-10-29-28(31(40)39(32-36-34-20-38(29)32)24-15-17-25(18-16-24)42-21(2)3)19-22-11-13-23(14-12-22)26-8-6-7-9-27(26)30-35-33(41)43-37-30/h6-9,11-18,20-21,33,41H,4-5,10,19H2,1-3H3,(H,35,37). The number of fused-ring (bicyclic) bond motifs is 1. The van der Waals surface area contributed by atoms with Crippen LogP contribution in [0, 0.1) is 0 Å². The maximum atomic E-state index is 14.2. The van der Waals surface area contributed by atoms with E-state index in [0.29, 0.717) is 29.3 Å². The lowest BCUT2D eigenvalue weighted by atomic mass is 9.96. The molecule has 1 aliphatic heterocycles. The number of hydrogen-bond donors (Lipinski definition) is 2. The maximum Gasteiger partial charge on any atom is 0.280 e. The second-order valence-corrected chi connectivity index (χ2v) is 10.8. The summed E-state index contributed by atoms with van der Waals surface area (Å²) in [6.45, 7) is 6.10. The van der Waals surface area contributed by atoms with Crippen molar-refractivity contribution in [2.24, 2.45) is 4.99 Å². The molecule has 0 amide bonds. The predicted octanol–water partition coefficient (Wildman–Crippen LogP) is 4.83. The number of amidine groups is 1. The molecule has 10 heteroatoms. The summed E-state index contributed by atoms with van der Waals surface area (Å²) in [6.07, 6.45) is 3.65. The Balaban J connectivity index is 1.39. The van der Waals surface area contributed by atoms with Crippen LogP contribution < -0.4 is 15.8 Å². The number of nitrogens with one attached hydrogen (secondary N) is 1. The summed E-state index contributed by atoms with van der Waals surface area (Å²) in [6, 6.07) is 23.5. The smallest absolute Gasteiger partial charge is 0.280 e. The van der Waals surface area contributed by atoms with Gasteiger partial charge in [0, 0.05) is 23.2 Å². The van der Waals surface area contributed by atoms with Crippen molar-refractivity contribution in [3.05, 3.63) is 112 Å². The van der Waals surface area contributed by atoms with Gasteiger partial charge in [-0.2, -0.15) is 0 Å². The first-order chi connectivity index (χ1) is 20.9. The highest BCUT2D eigenvalue weighted by Crippen LogP contribution is 2.27. The SMILES string of the molecule is CCCCc1c(Cc2ccc(-c3ccccc3C3=NC(O)ON3)cc2)c(=O)n(-c2ccc(OC(C)C)cc2)c2nncn12. The van der Waals surface area contributed by atoms with Gasteiger partial charge in [-0.15, -0.1) is 10.2 Å². The van der Waals surface area contributed by atoms with Crippen molar-refractivity contribution in [1.29, 1.82) is 0 Å². The van der Waals surface area contributed by atoms with E-state index >= 15 is 0 Å². The summed E-state index contributed by atoms with van der Waals surface area (Å²) in [5.74, 6) is 1.70. The van der Waals surface area contributed by atoms with Crippen molar-refractivity contribution >= 4 is 11.6 Å². The number of nitrogens with zero attached hydrogens (tertiary/aromatic N) is 5. The van der Waals surface area contributed by atoms with Crippen LogP contribution in [-0.4, -0.2) is 42.6 Å². The third-order valence-corrected chi connectivity index (χ3v) is 7.39. The van der Waals surface area contributed by atoms with Gasteiger partial charge in [0.1, 0.15) is 12.1 Å². The third-order valence-electron chi connectivity index (χ3n) is 7.39. The minimum absolute atomic E-state index is 0.0520. The van der Waals surface area contributed by atoms with Crippen molar-refractivity contribution in [3.63, 3.8) is 0 Å². The summed E-state index contributed by atoms with van der Waals surface area (Å²) in [5, 5.41) is 18.2. The number of unbranched alkanes of at least 4 members (excludes halogenated alkanes) is 1. The van der Waals surface area contributed by atoms with Crippen LogP contribution in [0.2, 0.25) is 0 Å². The molecule has 0 saturated carbocycles. The summed E-state index contributed by atoms with van der Waals surface area (Å²) < 4.78 is 9.39. The number of rotatable bonds is 10. The number of aliphatic hydroxyl groups is 1. The molecule has 0 saturated heterocycles. The molecule has 0 bridgehead atoms. The fraction of sp³-hybridized carbons (Fsp3) is 0.273. The average molecular weight is 579 g/mol. The molecule has 0 fully saturated rings. The van der Waals surface area contributed by atoms with Crippen LogP contribution >= 0.6 is 0 Å².